The summed E-state index contributed by atoms with van der Waals surface area (Å²) in [6.07, 6.45) is 5.65. The zero-order chi connectivity index (χ0) is 24.7. The first-order valence-electron chi connectivity index (χ1n) is 11.7. The van der Waals surface area contributed by atoms with E-state index < -0.39 is 6.16 Å². The number of carbonyl (C=O) groups excluding carboxylic acids is 1. The lowest BCUT2D eigenvalue weighted by Gasteiger charge is -2.38. The Morgan fingerprint density at radius 3 is 2.50 bits per heavy atom. The predicted octanol–water partition coefficient (Wildman–Crippen LogP) is 4.94. The molecule has 3 aromatic heterocycles. The topological polar surface area (TPSA) is 120 Å². The van der Waals surface area contributed by atoms with E-state index in [0.29, 0.717) is 17.0 Å². The number of nitrogens with one attached hydrogen (secondary N) is 1. The highest BCUT2D eigenvalue weighted by atomic mass is 16.7. The van der Waals surface area contributed by atoms with Gasteiger partial charge in [0.15, 0.2) is 5.65 Å². The van der Waals surface area contributed by atoms with E-state index >= 15 is 0 Å². The van der Waals surface area contributed by atoms with E-state index in [1.165, 1.54) is 7.11 Å². The number of aromatic nitrogens is 5. The zero-order valence-corrected chi connectivity index (χ0v) is 19.6. The molecule has 0 atom stereocenters. The molecule has 0 bridgehead atoms. The van der Waals surface area contributed by atoms with Crippen molar-refractivity contribution in [2.45, 2.75) is 24.8 Å². The van der Waals surface area contributed by atoms with Crippen molar-refractivity contribution < 1.29 is 14.3 Å². The van der Waals surface area contributed by atoms with Crippen LogP contribution in [0.25, 0.3) is 39.5 Å². The first-order chi connectivity index (χ1) is 17.6. The van der Waals surface area contributed by atoms with Crippen LogP contribution in [0.2, 0.25) is 0 Å². The van der Waals surface area contributed by atoms with Gasteiger partial charge in [0.25, 0.3) is 0 Å². The van der Waals surface area contributed by atoms with Crippen molar-refractivity contribution in [3.05, 3.63) is 78.6 Å². The number of nitrogens with two attached hydrogens (primary N) is 1. The normalized spacial score (nSPS) is 14.4. The molecule has 3 heterocycles. The first-order valence-corrected chi connectivity index (χ1v) is 11.7. The van der Waals surface area contributed by atoms with Crippen LogP contribution in [0.1, 0.15) is 24.8 Å². The number of methoxy groups -OCH3 is 1. The summed E-state index contributed by atoms with van der Waals surface area (Å²) in [7, 11) is 1.25. The molecule has 9 heteroatoms. The number of rotatable bonds is 5. The van der Waals surface area contributed by atoms with Gasteiger partial charge in [-0.1, -0.05) is 54.6 Å². The molecule has 5 aromatic rings. The molecule has 180 valence electrons. The fourth-order valence-corrected chi connectivity index (χ4v) is 4.63. The van der Waals surface area contributed by atoms with Gasteiger partial charge >= 0.3 is 6.16 Å². The number of aromatic amines is 1. The molecule has 1 fully saturated rings. The van der Waals surface area contributed by atoms with Gasteiger partial charge in [-0.2, -0.15) is 0 Å². The lowest BCUT2D eigenvalue weighted by atomic mass is 9.72. The van der Waals surface area contributed by atoms with E-state index in [1.807, 2.05) is 30.3 Å². The van der Waals surface area contributed by atoms with Crippen LogP contribution >= 0.6 is 0 Å². The first kappa shape index (κ1) is 22.0. The minimum Gasteiger partial charge on any atom is -0.437 e. The van der Waals surface area contributed by atoms with Crippen LogP contribution in [0.15, 0.2) is 73.1 Å². The third kappa shape index (κ3) is 3.70. The van der Waals surface area contributed by atoms with E-state index in [4.69, 9.17) is 15.5 Å². The smallest absolute Gasteiger partial charge is 0.437 e. The summed E-state index contributed by atoms with van der Waals surface area (Å²) in [6, 6.07) is 19.7. The van der Waals surface area contributed by atoms with Gasteiger partial charge in [0.2, 0.25) is 5.88 Å². The number of carbonyl (C=O) groups is 1. The lowest BCUT2D eigenvalue weighted by molar-refractivity contribution is 0.119. The van der Waals surface area contributed by atoms with Gasteiger partial charge in [-0.3, -0.25) is 0 Å². The average Bonchev–Trinajstić information content (AvgIpc) is 3.56. The zero-order valence-electron chi connectivity index (χ0n) is 19.6. The Labute approximate surface area is 206 Å². The largest absolute Gasteiger partial charge is 0.514 e. The van der Waals surface area contributed by atoms with Crippen LogP contribution in [0, 0.1) is 0 Å². The number of benzene rings is 2. The maximum atomic E-state index is 11.9. The van der Waals surface area contributed by atoms with Gasteiger partial charge < -0.3 is 20.2 Å². The van der Waals surface area contributed by atoms with Crippen LogP contribution in [0.3, 0.4) is 0 Å². The average molecular weight is 481 g/mol. The van der Waals surface area contributed by atoms with Gasteiger partial charge in [0, 0.05) is 35.1 Å². The standard InChI is InChI=1S/C27H24N6O3/c1-35-26(34)36-21-16-20(24-29-14-15-30-24)25-31-22(23(33(25)32-21)18-6-3-2-4-7-18)17-8-10-19(11-9-17)27(28)12-5-13-27/h2-4,6-11,14-16H,5,12-13,28H2,1H3,(H,29,30). The van der Waals surface area contributed by atoms with Crippen molar-refractivity contribution in [2.75, 3.05) is 7.11 Å². The molecule has 0 radical (unpaired) electrons. The summed E-state index contributed by atoms with van der Waals surface area (Å²) < 4.78 is 11.7. The van der Waals surface area contributed by atoms with Gasteiger partial charge in [0.05, 0.1) is 18.4 Å². The van der Waals surface area contributed by atoms with E-state index in [9.17, 15) is 4.79 Å². The molecule has 1 aliphatic rings. The summed E-state index contributed by atoms with van der Waals surface area (Å²) in [5.74, 6) is 0.631. The van der Waals surface area contributed by atoms with Crippen LogP contribution in [-0.2, 0) is 10.3 Å². The highest BCUT2D eigenvalue weighted by molar-refractivity contribution is 5.86. The lowest BCUT2D eigenvalue weighted by Crippen LogP contribution is -2.43. The van der Waals surface area contributed by atoms with Gasteiger partial charge in [0.1, 0.15) is 11.5 Å². The Bertz CT molecular complexity index is 1540. The van der Waals surface area contributed by atoms with Gasteiger partial charge in [-0.05, 0) is 24.8 Å². The quantitative estimate of drug-likeness (QED) is 0.342. The van der Waals surface area contributed by atoms with Crippen molar-refractivity contribution in [3.63, 3.8) is 0 Å². The Hall–Kier alpha value is -4.50. The number of H-pyrrole nitrogens is 1. The highest BCUT2D eigenvalue weighted by Gasteiger charge is 2.34. The number of hydrogen-bond acceptors (Lipinski definition) is 7. The molecule has 6 rings (SSSR count). The van der Waals surface area contributed by atoms with Gasteiger partial charge in [-0.15, -0.1) is 5.10 Å². The molecule has 36 heavy (non-hydrogen) atoms. The Balaban J connectivity index is 1.59. The molecule has 0 unspecified atom stereocenters. The molecule has 2 aromatic carbocycles. The van der Waals surface area contributed by atoms with Crippen LogP contribution in [-0.4, -0.2) is 37.8 Å². The van der Waals surface area contributed by atoms with E-state index in [-0.39, 0.29) is 11.4 Å². The monoisotopic (exact) mass is 480 g/mol. The third-order valence-corrected chi connectivity index (χ3v) is 6.70. The number of ether oxygens (including phenoxy) is 2. The van der Waals surface area contributed by atoms with Crippen molar-refractivity contribution >= 4 is 11.8 Å². The van der Waals surface area contributed by atoms with Crippen molar-refractivity contribution in [1.82, 2.24) is 24.6 Å². The summed E-state index contributed by atoms with van der Waals surface area (Å²) >= 11 is 0. The Morgan fingerprint density at radius 1 is 1.08 bits per heavy atom. The van der Waals surface area contributed by atoms with E-state index in [1.54, 1.807) is 23.0 Å². The SMILES string of the molecule is COC(=O)Oc1cc(-c2ncc[nH]2)c2nc(-c3ccc(C4(N)CCC4)cc3)c(-c3ccccc3)n2n1. The molecule has 0 aliphatic heterocycles. The summed E-state index contributed by atoms with van der Waals surface area (Å²) in [5.41, 5.74) is 12.0. The maximum absolute atomic E-state index is 11.9. The predicted molar refractivity (Wildman–Crippen MR) is 134 cm³/mol. The number of nitrogens with zero attached hydrogens (tertiary/aromatic N) is 4. The maximum Gasteiger partial charge on any atom is 0.514 e. The molecule has 1 saturated carbocycles. The van der Waals surface area contributed by atoms with Crippen molar-refractivity contribution in [1.29, 1.82) is 0 Å². The Kier molecular flexibility index (Phi) is 5.26. The fourth-order valence-electron chi connectivity index (χ4n) is 4.63. The number of fused-ring (bicyclic) bond motifs is 1. The molecule has 0 amide bonds. The number of hydrogen-bond donors (Lipinski definition) is 2. The second kappa shape index (κ2) is 8.62. The molecular formula is C27H24N6O3. The fraction of sp³-hybridized carbons (Fsp3) is 0.185. The van der Waals surface area contributed by atoms with Crippen molar-refractivity contribution in [3.8, 4) is 39.8 Å². The van der Waals surface area contributed by atoms with Crippen molar-refractivity contribution in [2.24, 2.45) is 5.73 Å². The molecule has 0 saturated heterocycles. The number of imidazole rings is 2. The summed E-state index contributed by atoms with van der Waals surface area (Å²) in [4.78, 5) is 24.4. The van der Waals surface area contributed by atoms with Gasteiger partial charge in [-0.25, -0.2) is 19.3 Å². The molecule has 9 nitrogen and oxygen atoms in total. The molecular weight excluding hydrogens is 456 g/mol. The molecule has 3 N–H and O–H groups in total. The summed E-state index contributed by atoms with van der Waals surface area (Å²) in [6.45, 7) is 0. The van der Waals surface area contributed by atoms with E-state index in [0.717, 1.165) is 47.3 Å². The van der Waals surface area contributed by atoms with Crippen LogP contribution in [0.5, 0.6) is 5.88 Å². The minimum absolute atomic E-state index is 0.0623. The van der Waals surface area contributed by atoms with Crippen LogP contribution < -0.4 is 10.5 Å². The Morgan fingerprint density at radius 2 is 1.86 bits per heavy atom. The minimum atomic E-state index is -0.865. The third-order valence-electron chi connectivity index (χ3n) is 6.70. The highest BCUT2D eigenvalue weighted by Crippen LogP contribution is 2.40. The van der Waals surface area contributed by atoms with E-state index in [2.05, 4.69) is 44.1 Å². The van der Waals surface area contributed by atoms with Crippen LogP contribution in [0.4, 0.5) is 4.79 Å². The summed E-state index contributed by atoms with van der Waals surface area (Å²) in [5, 5.41) is 4.60. The second-order valence-corrected chi connectivity index (χ2v) is 8.89. The molecule has 1 aliphatic carbocycles. The molecule has 0 spiro atoms. The second-order valence-electron chi connectivity index (χ2n) is 8.89.